The molecule has 0 radical (unpaired) electrons. The van der Waals surface area contributed by atoms with E-state index < -0.39 is 0 Å². The monoisotopic (exact) mass is 271 g/mol. The Bertz CT molecular complexity index is 180. The summed E-state index contributed by atoms with van der Waals surface area (Å²) in [7, 11) is 4.33. The molecule has 3 nitrogen and oxygen atoms in total. The Morgan fingerprint density at radius 3 is 1.68 bits per heavy atom. The van der Waals surface area contributed by atoms with E-state index in [4.69, 9.17) is 0 Å². The van der Waals surface area contributed by atoms with Crippen LogP contribution in [0.2, 0.25) is 0 Å². The minimum absolute atomic E-state index is 0.771. The smallest absolute Gasteiger partial charge is 0.0120 e. The topological polar surface area (TPSA) is 18.5 Å². The highest BCUT2D eigenvalue weighted by Gasteiger charge is 2.26. The molecule has 116 valence electrons. The van der Waals surface area contributed by atoms with Crippen LogP contribution in [0, 0.1) is 0 Å². The van der Waals surface area contributed by atoms with Gasteiger partial charge in [-0.2, -0.15) is 0 Å². The molecule has 1 N–H and O–H groups in total. The lowest BCUT2D eigenvalue weighted by Crippen LogP contribution is -2.49. The van der Waals surface area contributed by atoms with Crippen LogP contribution in [0.5, 0.6) is 0 Å². The summed E-state index contributed by atoms with van der Waals surface area (Å²) in [6.45, 7) is 13.2. The number of hydrogen-bond acceptors (Lipinski definition) is 3. The van der Waals surface area contributed by atoms with E-state index in [2.05, 4.69) is 29.2 Å². The molecule has 2 heterocycles. The zero-order chi connectivity index (χ0) is 14.7. The number of nitrogens with zero attached hydrogens (tertiary/aromatic N) is 2. The maximum atomic E-state index is 3.40. The van der Waals surface area contributed by atoms with Gasteiger partial charge >= 0.3 is 0 Å². The third kappa shape index (κ3) is 6.73. The summed E-state index contributed by atoms with van der Waals surface area (Å²) in [6, 6.07) is 1.64. The normalized spacial score (nSPS) is 23.1. The highest BCUT2D eigenvalue weighted by atomic mass is 15.2. The minimum Gasteiger partial charge on any atom is -0.317 e. The van der Waals surface area contributed by atoms with E-state index in [-0.39, 0.29) is 0 Å². The maximum Gasteiger partial charge on any atom is 0.0120 e. The predicted octanol–water partition coefficient (Wildman–Crippen LogP) is 2.82. The van der Waals surface area contributed by atoms with Gasteiger partial charge in [-0.15, -0.1) is 0 Å². The Kier molecular flexibility index (Phi) is 11.6. The van der Waals surface area contributed by atoms with Crippen molar-refractivity contribution in [1.29, 1.82) is 0 Å². The molecule has 0 spiro atoms. The molecule has 19 heavy (non-hydrogen) atoms. The van der Waals surface area contributed by atoms with E-state index >= 15 is 0 Å². The van der Waals surface area contributed by atoms with E-state index in [1.54, 1.807) is 0 Å². The fourth-order valence-corrected chi connectivity index (χ4v) is 2.91. The average molecular weight is 271 g/mol. The van der Waals surface area contributed by atoms with Crippen molar-refractivity contribution in [3.63, 3.8) is 0 Å². The van der Waals surface area contributed by atoms with Crippen molar-refractivity contribution in [2.24, 2.45) is 0 Å². The molecule has 2 aliphatic rings. The first kappa shape index (κ1) is 18.9. The second-order valence-electron chi connectivity index (χ2n) is 5.13. The quantitative estimate of drug-likeness (QED) is 0.833. The van der Waals surface area contributed by atoms with Gasteiger partial charge in [0.15, 0.2) is 0 Å². The number of hydrogen-bond donors (Lipinski definition) is 1. The minimum atomic E-state index is 0.771. The molecule has 0 aromatic rings. The first-order chi connectivity index (χ1) is 9.29. The first-order valence-electron chi connectivity index (χ1n) is 8.39. The zero-order valence-corrected chi connectivity index (χ0v) is 14.2. The number of likely N-dealkylation sites (tertiary alicyclic amines) is 2. The Morgan fingerprint density at radius 2 is 1.26 bits per heavy atom. The Balaban J connectivity index is 0.000000741. The second kappa shape index (κ2) is 11.7. The summed E-state index contributed by atoms with van der Waals surface area (Å²) in [5, 5.41) is 3.40. The lowest BCUT2D eigenvalue weighted by Gasteiger charge is -2.41. The van der Waals surface area contributed by atoms with E-state index in [1.807, 2.05) is 27.7 Å². The molecule has 2 aliphatic heterocycles. The highest BCUT2D eigenvalue weighted by Crippen LogP contribution is 2.20. The van der Waals surface area contributed by atoms with E-state index in [1.165, 1.54) is 51.9 Å². The summed E-state index contributed by atoms with van der Waals surface area (Å²) in [4.78, 5) is 5.18. The van der Waals surface area contributed by atoms with Gasteiger partial charge in [0.2, 0.25) is 0 Å². The molecular formula is C16H37N3. The van der Waals surface area contributed by atoms with Crippen LogP contribution in [-0.4, -0.2) is 62.2 Å². The van der Waals surface area contributed by atoms with Gasteiger partial charge in [-0.3, -0.25) is 0 Å². The van der Waals surface area contributed by atoms with Gasteiger partial charge in [-0.25, -0.2) is 0 Å². The van der Waals surface area contributed by atoms with Crippen molar-refractivity contribution in [1.82, 2.24) is 15.1 Å². The van der Waals surface area contributed by atoms with Gasteiger partial charge in [-0.05, 0) is 66.0 Å². The molecule has 2 saturated heterocycles. The molecule has 0 amide bonds. The van der Waals surface area contributed by atoms with Gasteiger partial charge in [-0.1, -0.05) is 27.7 Å². The van der Waals surface area contributed by atoms with Crippen molar-refractivity contribution in [3.8, 4) is 0 Å². The summed E-state index contributed by atoms with van der Waals surface area (Å²) >= 11 is 0. The Morgan fingerprint density at radius 1 is 0.789 bits per heavy atom. The number of rotatable bonds is 2. The van der Waals surface area contributed by atoms with Crippen LogP contribution in [0.15, 0.2) is 0 Å². The molecule has 2 fully saturated rings. The molecule has 2 rings (SSSR count). The van der Waals surface area contributed by atoms with Crippen molar-refractivity contribution in [2.75, 3.05) is 40.3 Å². The van der Waals surface area contributed by atoms with Crippen molar-refractivity contribution in [2.45, 2.75) is 65.5 Å². The molecule has 0 aliphatic carbocycles. The molecule has 3 heteroatoms. The van der Waals surface area contributed by atoms with Gasteiger partial charge < -0.3 is 15.1 Å². The summed E-state index contributed by atoms with van der Waals surface area (Å²) in [6.07, 6.45) is 5.42. The molecule has 0 saturated carbocycles. The lowest BCUT2D eigenvalue weighted by molar-refractivity contribution is 0.0935. The van der Waals surface area contributed by atoms with Crippen LogP contribution in [-0.2, 0) is 0 Å². The van der Waals surface area contributed by atoms with Crippen LogP contribution in [0.1, 0.15) is 53.4 Å². The molecule has 0 bridgehead atoms. The SMILES string of the molecule is CC.CC.CNC1CCN(C2CCN(C)CC2)CC1. The fourth-order valence-electron chi connectivity index (χ4n) is 2.91. The van der Waals surface area contributed by atoms with Crippen molar-refractivity contribution >= 4 is 0 Å². The maximum absolute atomic E-state index is 3.40. The first-order valence-corrected chi connectivity index (χ1v) is 8.39. The van der Waals surface area contributed by atoms with Crippen LogP contribution in [0.25, 0.3) is 0 Å². The molecular weight excluding hydrogens is 234 g/mol. The predicted molar refractivity (Wildman–Crippen MR) is 86.9 cm³/mol. The van der Waals surface area contributed by atoms with Crippen molar-refractivity contribution in [3.05, 3.63) is 0 Å². The van der Waals surface area contributed by atoms with Crippen LogP contribution >= 0.6 is 0 Å². The zero-order valence-electron chi connectivity index (χ0n) is 14.2. The summed E-state index contributed by atoms with van der Waals surface area (Å²) < 4.78 is 0. The standard InChI is InChI=1S/C12H25N3.2C2H6/c1-13-11-3-9-15(10-4-11)12-5-7-14(2)8-6-12;2*1-2/h11-13H,3-10H2,1-2H3;2*1-2H3. The van der Waals surface area contributed by atoms with Crippen LogP contribution in [0.4, 0.5) is 0 Å². The van der Waals surface area contributed by atoms with E-state index in [9.17, 15) is 0 Å². The van der Waals surface area contributed by atoms with Gasteiger partial charge in [0, 0.05) is 12.1 Å². The third-order valence-electron chi connectivity index (χ3n) is 4.14. The average Bonchev–Trinajstić information content (AvgIpc) is 2.52. The van der Waals surface area contributed by atoms with Crippen molar-refractivity contribution < 1.29 is 0 Å². The molecule has 0 aromatic heterocycles. The molecule has 0 unspecified atom stereocenters. The summed E-state index contributed by atoms with van der Waals surface area (Å²) in [5.41, 5.74) is 0. The number of piperidine rings is 2. The second-order valence-corrected chi connectivity index (χ2v) is 5.13. The van der Waals surface area contributed by atoms with Gasteiger partial charge in [0.25, 0.3) is 0 Å². The Labute approximate surface area is 121 Å². The van der Waals surface area contributed by atoms with E-state index in [0.29, 0.717) is 0 Å². The van der Waals surface area contributed by atoms with Gasteiger partial charge in [0.05, 0.1) is 0 Å². The molecule has 0 atom stereocenters. The molecule has 0 aromatic carbocycles. The summed E-state index contributed by atoms with van der Waals surface area (Å²) in [5.74, 6) is 0. The lowest BCUT2D eigenvalue weighted by atomic mass is 9.98. The fraction of sp³-hybridized carbons (Fsp3) is 1.00. The number of nitrogens with one attached hydrogen (secondary N) is 1. The van der Waals surface area contributed by atoms with Crippen LogP contribution in [0.3, 0.4) is 0 Å². The third-order valence-corrected chi connectivity index (χ3v) is 4.14. The highest BCUT2D eigenvalue weighted by molar-refractivity contribution is 4.83. The van der Waals surface area contributed by atoms with E-state index in [0.717, 1.165) is 12.1 Å². The van der Waals surface area contributed by atoms with Gasteiger partial charge in [0.1, 0.15) is 0 Å². The van der Waals surface area contributed by atoms with Crippen LogP contribution < -0.4 is 5.32 Å². The Hall–Kier alpha value is -0.120. The largest absolute Gasteiger partial charge is 0.317 e.